The van der Waals surface area contributed by atoms with Crippen molar-refractivity contribution in [3.05, 3.63) is 75.9 Å². The number of hydrogen-bond acceptors (Lipinski definition) is 4. The zero-order valence-corrected chi connectivity index (χ0v) is 20.2. The Balaban J connectivity index is 1.86. The van der Waals surface area contributed by atoms with Gasteiger partial charge < -0.3 is 20.9 Å². The first-order valence-corrected chi connectivity index (χ1v) is 12.1. The van der Waals surface area contributed by atoms with E-state index in [1.807, 2.05) is 30.3 Å². The predicted molar refractivity (Wildman–Crippen MR) is 131 cm³/mol. The summed E-state index contributed by atoms with van der Waals surface area (Å²) in [6.45, 7) is 9.05. The van der Waals surface area contributed by atoms with Gasteiger partial charge in [-0.3, -0.25) is 0 Å². The lowest BCUT2D eigenvalue weighted by Gasteiger charge is -2.55. The average Bonchev–Trinajstić information content (AvgIpc) is 3.04. The van der Waals surface area contributed by atoms with Crippen LogP contribution < -0.4 is 15.8 Å². The standard InChI is InChI=1S/C26H32Cl2N2O2/c1-4-25-12-11-22(21-10-9-20(15-23(21)28)32-14-13-31)26(29,18-5-7-19(27)8-6-18)24(25)16(2)30-17(25)3/h5-10,15-16,22,24,30-31H,3-4,11-14,29H2,1-2H3. The van der Waals surface area contributed by atoms with Crippen molar-refractivity contribution in [1.82, 2.24) is 5.32 Å². The fraction of sp³-hybridized carbons (Fsp3) is 0.462. The second-order valence-corrected chi connectivity index (χ2v) is 10.0. The molecule has 4 rings (SSSR count). The van der Waals surface area contributed by atoms with E-state index in [9.17, 15) is 0 Å². The lowest BCUT2D eigenvalue weighted by Crippen LogP contribution is -2.59. The monoisotopic (exact) mass is 474 g/mol. The van der Waals surface area contributed by atoms with Crippen LogP contribution in [0.2, 0.25) is 10.0 Å². The molecule has 0 spiro atoms. The summed E-state index contributed by atoms with van der Waals surface area (Å²) in [5, 5.41) is 14.0. The molecule has 1 aliphatic heterocycles. The number of fused-ring (bicyclic) bond motifs is 1. The van der Waals surface area contributed by atoms with E-state index in [1.165, 1.54) is 0 Å². The molecule has 5 unspecified atom stereocenters. The fourth-order valence-corrected chi connectivity index (χ4v) is 6.82. The molecule has 4 nitrogen and oxygen atoms in total. The van der Waals surface area contributed by atoms with E-state index >= 15 is 0 Å². The molecule has 5 atom stereocenters. The van der Waals surface area contributed by atoms with Crippen molar-refractivity contribution in [2.75, 3.05) is 13.2 Å². The highest BCUT2D eigenvalue weighted by Gasteiger charge is 2.62. The van der Waals surface area contributed by atoms with Crippen molar-refractivity contribution in [3.8, 4) is 5.75 Å². The normalized spacial score (nSPS) is 31.8. The van der Waals surface area contributed by atoms with E-state index in [-0.39, 0.29) is 36.5 Å². The molecule has 2 aliphatic rings. The predicted octanol–water partition coefficient (Wildman–Crippen LogP) is 5.61. The Bertz CT molecular complexity index is 996. The van der Waals surface area contributed by atoms with Crippen molar-refractivity contribution in [1.29, 1.82) is 0 Å². The van der Waals surface area contributed by atoms with E-state index in [2.05, 4.69) is 37.9 Å². The zero-order chi connectivity index (χ0) is 23.1. The number of ether oxygens (including phenoxy) is 1. The Hall–Kier alpha value is -1.72. The van der Waals surface area contributed by atoms with Crippen molar-refractivity contribution in [3.63, 3.8) is 0 Å². The van der Waals surface area contributed by atoms with Gasteiger partial charge in [-0.25, -0.2) is 0 Å². The maximum atomic E-state index is 9.05. The maximum Gasteiger partial charge on any atom is 0.120 e. The molecule has 172 valence electrons. The Morgan fingerprint density at radius 2 is 1.94 bits per heavy atom. The van der Waals surface area contributed by atoms with Crippen molar-refractivity contribution < 1.29 is 9.84 Å². The molecule has 0 amide bonds. The van der Waals surface area contributed by atoms with Crippen molar-refractivity contribution >= 4 is 23.2 Å². The van der Waals surface area contributed by atoms with E-state index < -0.39 is 5.54 Å². The third-order valence-electron chi connectivity index (χ3n) is 7.75. The number of hydrogen-bond donors (Lipinski definition) is 3. The van der Waals surface area contributed by atoms with Crippen LogP contribution in [0.15, 0.2) is 54.7 Å². The number of aliphatic hydroxyl groups excluding tert-OH is 1. The lowest BCUT2D eigenvalue weighted by molar-refractivity contribution is 0.0384. The van der Waals surface area contributed by atoms with Crippen LogP contribution in [0, 0.1) is 11.3 Å². The van der Waals surface area contributed by atoms with E-state index in [4.69, 9.17) is 38.8 Å². The number of allylic oxidation sites excluding steroid dienone is 1. The van der Waals surface area contributed by atoms with Crippen LogP contribution in [0.4, 0.5) is 0 Å². The lowest BCUT2D eigenvalue weighted by atomic mass is 9.50. The number of halogens is 2. The molecular formula is C26H32Cl2N2O2. The first-order valence-electron chi connectivity index (χ1n) is 11.3. The number of benzene rings is 2. The number of aliphatic hydroxyl groups is 1. The van der Waals surface area contributed by atoms with Crippen molar-refractivity contribution in [2.45, 2.75) is 50.6 Å². The van der Waals surface area contributed by atoms with E-state index in [0.29, 0.717) is 15.8 Å². The molecule has 0 aromatic heterocycles. The van der Waals surface area contributed by atoms with Gasteiger partial charge in [0.25, 0.3) is 0 Å². The highest BCUT2D eigenvalue weighted by Crippen LogP contribution is 2.63. The molecule has 2 aromatic carbocycles. The van der Waals surface area contributed by atoms with Gasteiger partial charge in [0.1, 0.15) is 12.4 Å². The van der Waals surface area contributed by atoms with Crippen LogP contribution in [0.1, 0.15) is 50.2 Å². The second-order valence-electron chi connectivity index (χ2n) is 9.19. The van der Waals surface area contributed by atoms with Gasteiger partial charge in [0.05, 0.1) is 12.1 Å². The minimum atomic E-state index is -0.665. The topological polar surface area (TPSA) is 67.5 Å². The molecule has 1 heterocycles. The van der Waals surface area contributed by atoms with Crippen LogP contribution >= 0.6 is 23.2 Å². The third kappa shape index (κ3) is 3.62. The number of rotatable bonds is 6. The third-order valence-corrected chi connectivity index (χ3v) is 8.33. The Morgan fingerprint density at radius 3 is 2.56 bits per heavy atom. The van der Waals surface area contributed by atoms with Gasteiger partial charge in [0.2, 0.25) is 0 Å². The van der Waals surface area contributed by atoms with E-state index in [0.717, 1.165) is 36.1 Å². The average molecular weight is 475 g/mol. The number of nitrogens with one attached hydrogen (secondary N) is 1. The molecule has 4 N–H and O–H groups in total. The van der Waals surface area contributed by atoms with Gasteiger partial charge >= 0.3 is 0 Å². The van der Waals surface area contributed by atoms with Gasteiger partial charge in [-0.2, -0.15) is 0 Å². The fourth-order valence-electron chi connectivity index (χ4n) is 6.39. The molecule has 6 heteroatoms. The van der Waals surface area contributed by atoms with Crippen LogP contribution in [-0.2, 0) is 5.54 Å². The van der Waals surface area contributed by atoms with Gasteiger partial charge in [-0.1, -0.05) is 54.9 Å². The van der Waals surface area contributed by atoms with Gasteiger partial charge in [0, 0.05) is 39.0 Å². The minimum Gasteiger partial charge on any atom is -0.491 e. The Kier molecular flexibility index (Phi) is 6.52. The molecule has 2 aromatic rings. The largest absolute Gasteiger partial charge is 0.491 e. The van der Waals surface area contributed by atoms with Gasteiger partial charge in [0.15, 0.2) is 0 Å². The second kappa shape index (κ2) is 8.90. The summed E-state index contributed by atoms with van der Waals surface area (Å²) in [5.41, 5.74) is 10.00. The zero-order valence-electron chi connectivity index (χ0n) is 18.7. The van der Waals surface area contributed by atoms with Crippen LogP contribution in [0.25, 0.3) is 0 Å². The molecule has 0 radical (unpaired) electrons. The summed E-state index contributed by atoms with van der Waals surface area (Å²) in [4.78, 5) is 0. The quantitative estimate of drug-likeness (QED) is 0.508. The molecule has 2 fully saturated rings. The molecule has 1 aliphatic carbocycles. The van der Waals surface area contributed by atoms with Crippen LogP contribution in [-0.4, -0.2) is 24.4 Å². The first-order chi connectivity index (χ1) is 15.3. The molecule has 1 saturated carbocycles. The highest BCUT2D eigenvalue weighted by molar-refractivity contribution is 6.31. The summed E-state index contributed by atoms with van der Waals surface area (Å²) in [5.74, 6) is 0.807. The minimum absolute atomic E-state index is 0.0166. The summed E-state index contributed by atoms with van der Waals surface area (Å²) >= 11 is 13.0. The summed E-state index contributed by atoms with van der Waals surface area (Å²) in [6, 6.07) is 13.9. The maximum absolute atomic E-state index is 9.05. The van der Waals surface area contributed by atoms with Crippen molar-refractivity contribution in [2.24, 2.45) is 17.1 Å². The number of nitrogens with two attached hydrogens (primary N) is 1. The van der Waals surface area contributed by atoms with Gasteiger partial charge in [-0.15, -0.1) is 0 Å². The molecular weight excluding hydrogens is 443 g/mol. The molecule has 32 heavy (non-hydrogen) atoms. The Morgan fingerprint density at radius 1 is 1.22 bits per heavy atom. The molecule has 0 bridgehead atoms. The van der Waals surface area contributed by atoms with Crippen LogP contribution in [0.3, 0.4) is 0 Å². The molecule has 1 saturated heterocycles. The van der Waals surface area contributed by atoms with E-state index in [1.54, 1.807) is 0 Å². The summed E-state index contributed by atoms with van der Waals surface area (Å²) in [7, 11) is 0. The summed E-state index contributed by atoms with van der Waals surface area (Å²) in [6.07, 6.45) is 2.88. The highest BCUT2D eigenvalue weighted by atomic mass is 35.5. The van der Waals surface area contributed by atoms with Crippen LogP contribution in [0.5, 0.6) is 5.75 Å². The Labute approximate surface area is 200 Å². The summed E-state index contributed by atoms with van der Waals surface area (Å²) < 4.78 is 5.56. The smallest absolute Gasteiger partial charge is 0.120 e. The van der Waals surface area contributed by atoms with Gasteiger partial charge in [-0.05, 0) is 61.6 Å². The first kappa shape index (κ1) is 23.4. The SMILES string of the molecule is C=C1NC(C)C2C1(CC)CCC(c1ccc(OCCO)cc1Cl)C2(N)c1ccc(Cl)cc1.